The van der Waals surface area contributed by atoms with E-state index < -0.39 is 17.4 Å². The first-order valence-electron chi connectivity index (χ1n) is 5.75. The Morgan fingerprint density at radius 2 is 1.71 bits per heavy atom. The SMILES string of the molecule is CC(C)(CO)NC(=O)C(=O)NCCCCCO. The highest BCUT2D eigenvalue weighted by atomic mass is 16.3. The maximum Gasteiger partial charge on any atom is 0.309 e. The summed E-state index contributed by atoms with van der Waals surface area (Å²) >= 11 is 0. The molecule has 0 atom stereocenters. The molecule has 0 spiro atoms. The Labute approximate surface area is 101 Å². The molecule has 0 unspecified atom stereocenters. The van der Waals surface area contributed by atoms with Gasteiger partial charge in [0.25, 0.3) is 0 Å². The molecule has 0 aliphatic heterocycles. The molecule has 2 amide bonds. The van der Waals surface area contributed by atoms with Gasteiger partial charge in [-0.2, -0.15) is 0 Å². The minimum Gasteiger partial charge on any atom is -0.396 e. The summed E-state index contributed by atoms with van der Waals surface area (Å²) in [5.41, 5.74) is -0.800. The number of rotatable bonds is 7. The third kappa shape index (κ3) is 7.70. The number of hydrogen-bond acceptors (Lipinski definition) is 4. The summed E-state index contributed by atoms with van der Waals surface area (Å²) in [6, 6.07) is 0. The number of carbonyl (C=O) groups is 2. The Morgan fingerprint density at radius 1 is 1.06 bits per heavy atom. The zero-order chi connectivity index (χ0) is 13.3. The molecule has 6 heteroatoms. The van der Waals surface area contributed by atoms with Gasteiger partial charge >= 0.3 is 11.8 Å². The maximum absolute atomic E-state index is 11.4. The van der Waals surface area contributed by atoms with Gasteiger partial charge in [0.05, 0.1) is 12.1 Å². The summed E-state index contributed by atoms with van der Waals surface area (Å²) in [6.45, 7) is 3.56. The van der Waals surface area contributed by atoms with Crippen LogP contribution in [0, 0.1) is 0 Å². The van der Waals surface area contributed by atoms with Crippen molar-refractivity contribution in [2.24, 2.45) is 0 Å². The van der Waals surface area contributed by atoms with E-state index in [1.165, 1.54) is 0 Å². The highest BCUT2D eigenvalue weighted by Crippen LogP contribution is 1.99. The van der Waals surface area contributed by atoms with Crippen molar-refractivity contribution < 1.29 is 19.8 Å². The molecule has 0 radical (unpaired) electrons. The molecule has 0 bridgehead atoms. The van der Waals surface area contributed by atoms with Crippen molar-refractivity contribution in [2.75, 3.05) is 19.8 Å². The van der Waals surface area contributed by atoms with Crippen LogP contribution >= 0.6 is 0 Å². The molecule has 0 aliphatic rings. The van der Waals surface area contributed by atoms with Crippen LogP contribution < -0.4 is 10.6 Å². The van der Waals surface area contributed by atoms with E-state index in [0.29, 0.717) is 13.0 Å². The van der Waals surface area contributed by atoms with Crippen LogP contribution in [0.25, 0.3) is 0 Å². The van der Waals surface area contributed by atoms with Crippen LogP contribution in [-0.4, -0.2) is 47.3 Å². The van der Waals surface area contributed by atoms with E-state index in [-0.39, 0.29) is 13.2 Å². The minimum absolute atomic E-state index is 0.138. The molecular weight excluding hydrogens is 224 g/mol. The fourth-order valence-corrected chi connectivity index (χ4v) is 1.10. The lowest BCUT2D eigenvalue weighted by atomic mass is 10.1. The second-order valence-electron chi connectivity index (χ2n) is 4.54. The maximum atomic E-state index is 11.4. The molecule has 0 saturated carbocycles. The van der Waals surface area contributed by atoms with Gasteiger partial charge in [-0.3, -0.25) is 9.59 Å². The first kappa shape index (κ1) is 15.9. The van der Waals surface area contributed by atoms with Crippen LogP contribution in [0.4, 0.5) is 0 Å². The Bertz CT molecular complexity index is 254. The molecule has 4 N–H and O–H groups in total. The number of carbonyl (C=O) groups excluding carboxylic acids is 2. The van der Waals surface area contributed by atoms with Crippen molar-refractivity contribution in [1.29, 1.82) is 0 Å². The van der Waals surface area contributed by atoms with E-state index in [1.54, 1.807) is 13.8 Å². The van der Waals surface area contributed by atoms with Crippen LogP contribution in [-0.2, 0) is 9.59 Å². The van der Waals surface area contributed by atoms with Gasteiger partial charge in [-0.05, 0) is 33.1 Å². The Kier molecular flexibility index (Phi) is 7.49. The summed E-state index contributed by atoms with van der Waals surface area (Å²) in [5, 5.41) is 22.4. The van der Waals surface area contributed by atoms with Crippen LogP contribution in [0.3, 0.4) is 0 Å². The molecule has 6 nitrogen and oxygen atoms in total. The average molecular weight is 246 g/mol. The molecule has 0 rings (SSSR count). The number of nitrogens with one attached hydrogen (secondary N) is 2. The van der Waals surface area contributed by atoms with Crippen molar-refractivity contribution in [1.82, 2.24) is 10.6 Å². The highest BCUT2D eigenvalue weighted by Gasteiger charge is 2.23. The van der Waals surface area contributed by atoms with Gasteiger partial charge < -0.3 is 20.8 Å². The lowest BCUT2D eigenvalue weighted by molar-refractivity contribution is -0.140. The standard InChI is InChI=1S/C11H22N2O4/c1-11(2,8-15)13-10(17)9(16)12-6-4-3-5-7-14/h14-15H,3-8H2,1-2H3,(H,12,16)(H,13,17). The summed E-state index contributed by atoms with van der Waals surface area (Å²) in [7, 11) is 0. The van der Waals surface area contributed by atoms with Gasteiger partial charge in [0.15, 0.2) is 0 Å². The predicted molar refractivity (Wildman–Crippen MR) is 63.3 cm³/mol. The largest absolute Gasteiger partial charge is 0.396 e. The Hall–Kier alpha value is -1.14. The van der Waals surface area contributed by atoms with Crippen molar-refractivity contribution in [3.05, 3.63) is 0 Å². The highest BCUT2D eigenvalue weighted by molar-refractivity contribution is 6.35. The van der Waals surface area contributed by atoms with Crippen LogP contribution in [0.15, 0.2) is 0 Å². The van der Waals surface area contributed by atoms with Crippen LogP contribution in [0.2, 0.25) is 0 Å². The molecule has 0 fully saturated rings. The van der Waals surface area contributed by atoms with Crippen molar-refractivity contribution >= 4 is 11.8 Å². The molecular formula is C11H22N2O4. The number of hydrogen-bond donors (Lipinski definition) is 4. The van der Waals surface area contributed by atoms with E-state index in [0.717, 1.165) is 12.8 Å². The van der Waals surface area contributed by atoms with Gasteiger partial charge in [0, 0.05) is 13.2 Å². The Morgan fingerprint density at radius 3 is 2.24 bits per heavy atom. The zero-order valence-corrected chi connectivity index (χ0v) is 10.5. The molecule has 0 saturated heterocycles. The fraction of sp³-hybridized carbons (Fsp3) is 0.818. The van der Waals surface area contributed by atoms with E-state index in [1.807, 2.05) is 0 Å². The number of aliphatic hydroxyl groups is 2. The molecule has 0 heterocycles. The van der Waals surface area contributed by atoms with Crippen molar-refractivity contribution in [3.63, 3.8) is 0 Å². The number of aliphatic hydroxyl groups excluding tert-OH is 2. The number of unbranched alkanes of at least 4 members (excludes halogenated alkanes) is 2. The van der Waals surface area contributed by atoms with Gasteiger partial charge in [-0.1, -0.05) is 0 Å². The first-order chi connectivity index (χ1) is 7.93. The second-order valence-corrected chi connectivity index (χ2v) is 4.54. The lowest BCUT2D eigenvalue weighted by Gasteiger charge is -2.22. The molecule has 0 aliphatic carbocycles. The van der Waals surface area contributed by atoms with Crippen molar-refractivity contribution in [2.45, 2.75) is 38.6 Å². The zero-order valence-electron chi connectivity index (χ0n) is 10.5. The van der Waals surface area contributed by atoms with Crippen LogP contribution in [0.5, 0.6) is 0 Å². The van der Waals surface area contributed by atoms with Gasteiger partial charge in [-0.15, -0.1) is 0 Å². The second kappa shape index (κ2) is 8.03. The fourth-order valence-electron chi connectivity index (χ4n) is 1.10. The van der Waals surface area contributed by atoms with Gasteiger partial charge in [0.2, 0.25) is 0 Å². The third-order valence-corrected chi connectivity index (χ3v) is 2.17. The third-order valence-electron chi connectivity index (χ3n) is 2.17. The number of amides is 2. The smallest absolute Gasteiger partial charge is 0.309 e. The van der Waals surface area contributed by atoms with Gasteiger partial charge in [-0.25, -0.2) is 0 Å². The topological polar surface area (TPSA) is 98.7 Å². The molecule has 0 aromatic rings. The summed E-state index contributed by atoms with van der Waals surface area (Å²) in [4.78, 5) is 22.7. The summed E-state index contributed by atoms with van der Waals surface area (Å²) in [5.74, 6) is -1.44. The molecule has 0 aromatic carbocycles. The molecule has 100 valence electrons. The van der Waals surface area contributed by atoms with E-state index >= 15 is 0 Å². The molecule has 17 heavy (non-hydrogen) atoms. The minimum atomic E-state index is -0.800. The molecule has 0 aromatic heterocycles. The summed E-state index contributed by atoms with van der Waals surface area (Å²) in [6.07, 6.45) is 2.23. The first-order valence-corrected chi connectivity index (χ1v) is 5.75. The van der Waals surface area contributed by atoms with E-state index in [2.05, 4.69) is 10.6 Å². The van der Waals surface area contributed by atoms with E-state index in [9.17, 15) is 9.59 Å². The lowest BCUT2D eigenvalue weighted by Crippen LogP contribution is -2.51. The van der Waals surface area contributed by atoms with Gasteiger partial charge in [0.1, 0.15) is 0 Å². The normalized spacial score (nSPS) is 11.1. The van der Waals surface area contributed by atoms with E-state index in [4.69, 9.17) is 10.2 Å². The average Bonchev–Trinajstić information content (AvgIpc) is 2.28. The van der Waals surface area contributed by atoms with Crippen molar-refractivity contribution in [3.8, 4) is 0 Å². The quantitative estimate of drug-likeness (QED) is 0.347. The summed E-state index contributed by atoms with van der Waals surface area (Å²) < 4.78 is 0. The predicted octanol–water partition coefficient (Wildman–Crippen LogP) is -0.848. The van der Waals surface area contributed by atoms with Crippen LogP contribution in [0.1, 0.15) is 33.1 Å². The monoisotopic (exact) mass is 246 g/mol. The Balaban J connectivity index is 3.79.